The molecular weight excluding hydrogens is 276 g/mol. The van der Waals surface area contributed by atoms with E-state index in [4.69, 9.17) is 12.2 Å². The average Bonchev–Trinajstić information content (AvgIpc) is 2.99. The number of nitrogens with zero attached hydrogens (tertiary/aromatic N) is 3. The first-order valence-electron chi connectivity index (χ1n) is 5.84. The van der Waals surface area contributed by atoms with Crippen molar-refractivity contribution in [3.05, 3.63) is 51.2 Å². The van der Waals surface area contributed by atoms with Gasteiger partial charge in [0.1, 0.15) is 0 Å². The van der Waals surface area contributed by atoms with Crippen LogP contribution in [0.25, 0.3) is 11.4 Å². The molecule has 0 unspecified atom stereocenters. The highest BCUT2D eigenvalue weighted by atomic mass is 32.1. The lowest BCUT2D eigenvalue weighted by atomic mass is 10.2. The third-order valence-corrected chi connectivity index (χ3v) is 4.27. The number of H-pyrrole nitrogens is 1. The first-order chi connectivity index (χ1) is 9.25. The van der Waals surface area contributed by atoms with Crippen LogP contribution in [0, 0.1) is 11.7 Å². The van der Waals surface area contributed by atoms with Gasteiger partial charge in [0.05, 0.1) is 6.54 Å². The molecule has 0 fully saturated rings. The fraction of sp³-hybridized carbons (Fsp3) is 0.154. The Bertz CT molecular complexity index is 739. The SMILES string of the molecule is Cc1ccsc1Cn1c(-c2cccnc2)n[nH]c1=S. The molecule has 3 rings (SSSR count). The smallest absolute Gasteiger partial charge is 0.195 e. The van der Waals surface area contributed by atoms with Gasteiger partial charge < -0.3 is 0 Å². The fourth-order valence-electron chi connectivity index (χ4n) is 1.89. The van der Waals surface area contributed by atoms with Crippen molar-refractivity contribution in [3.8, 4) is 11.4 Å². The van der Waals surface area contributed by atoms with Gasteiger partial charge in [-0.05, 0) is 48.3 Å². The van der Waals surface area contributed by atoms with Gasteiger partial charge in [0, 0.05) is 22.8 Å². The number of aromatic amines is 1. The number of hydrogen-bond acceptors (Lipinski definition) is 4. The van der Waals surface area contributed by atoms with Gasteiger partial charge in [-0.3, -0.25) is 14.6 Å². The lowest BCUT2D eigenvalue weighted by molar-refractivity contribution is 0.798. The molecule has 0 aromatic carbocycles. The zero-order valence-corrected chi connectivity index (χ0v) is 12.0. The number of pyridine rings is 1. The van der Waals surface area contributed by atoms with Crippen LogP contribution in [-0.4, -0.2) is 19.7 Å². The molecule has 3 aromatic rings. The van der Waals surface area contributed by atoms with E-state index in [9.17, 15) is 0 Å². The molecule has 0 spiro atoms. The zero-order valence-electron chi connectivity index (χ0n) is 10.3. The van der Waals surface area contributed by atoms with Crippen molar-refractivity contribution in [2.75, 3.05) is 0 Å². The molecule has 6 heteroatoms. The Hall–Kier alpha value is -1.79. The largest absolute Gasteiger partial charge is 0.295 e. The predicted molar refractivity (Wildman–Crippen MR) is 78.8 cm³/mol. The number of aromatic nitrogens is 4. The Morgan fingerprint density at radius 2 is 2.32 bits per heavy atom. The standard InChI is InChI=1S/C13H12N4S2/c1-9-4-6-19-11(9)8-17-12(15-16-13(17)18)10-3-2-5-14-7-10/h2-7H,8H2,1H3,(H,16,18). The lowest BCUT2D eigenvalue weighted by Crippen LogP contribution is -2.02. The van der Waals surface area contributed by atoms with Gasteiger partial charge in [-0.2, -0.15) is 5.10 Å². The van der Waals surface area contributed by atoms with E-state index in [1.165, 1.54) is 10.4 Å². The van der Waals surface area contributed by atoms with E-state index in [1.54, 1.807) is 23.7 Å². The van der Waals surface area contributed by atoms with Crippen LogP contribution in [0.1, 0.15) is 10.4 Å². The summed E-state index contributed by atoms with van der Waals surface area (Å²) in [6, 6.07) is 6.00. The van der Waals surface area contributed by atoms with Crippen molar-refractivity contribution in [2.45, 2.75) is 13.5 Å². The van der Waals surface area contributed by atoms with Gasteiger partial charge in [0.2, 0.25) is 0 Å². The molecule has 0 atom stereocenters. The lowest BCUT2D eigenvalue weighted by Gasteiger charge is -2.06. The van der Waals surface area contributed by atoms with Gasteiger partial charge in [0.25, 0.3) is 0 Å². The monoisotopic (exact) mass is 288 g/mol. The molecular formula is C13H12N4S2. The first kappa shape index (κ1) is 12.3. The van der Waals surface area contributed by atoms with E-state index in [2.05, 4.69) is 33.6 Å². The summed E-state index contributed by atoms with van der Waals surface area (Å²) >= 11 is 7.05. The minimum atomic E-state index is 0.631. The Morgan fingerprint density at radius 1 is 1.42 bits per heavy atom. The molecule has 0 aliphatic rings. The van der Waals surface area contributed by atoms with E-state index in [0.717, 1.165) is 17.9 Å². The highest BCUT2D eigenvalue weighted by Gasteiger charge is 2.10. The minimum absolute atomic E-state index is 0.631. The van der Waals surface area contributed by atoms with Crippen LogP contribution >= 0.6 is 23.6 Å². The number of hydrogen-bond donors (Lipinski definition) is 1. The van der Waals surface area contributed by atoms with Crippen molar-refractivity contribution in [1.82, 2.24) is 19.7 Å². The normalized spacial score (nSPS) is 10.8. The van der Waals surface area contributed by atoms with Crippen LogP contribution in [0.4, 0.5) is 0 Å². The number of nitrogens with one attached hydrogen (secondary N) is 1. The molecule has 3 aromatic heterocycles. The number of rotatable bonds is 3. The highest BCUT2D eigenvalue weighted by Crippen LogP contribution is 2.21. The van der Waals surface area contributed by atoms with E-state index >= 15 is 0 Å². The maximum atomic E-state index is 5.32. The van der Waals surface area contributed by atoms with Crippen molar-refractivity contribution in [1.29, 1.82) is 0 Å². The topological polar surface area (TPSA) is 46.5 Å². The summed E-state index contributed by atoms with van der Waals surface area (Å²) < 4.78 is 2.64. The summed E-state index contributed by atoms with van der Waals surface area (Å²) in [5.74, 6) is 0.825. The highest BCUT2D eigenvalue weighted by molar-refractivity contribution is 7.71. The van der Waals surface area contributed by atoms with Gasteiger partial charge in [0.15, 0.2) is 10.6 Å². The predicted octanol–water partition coefficient (Wildman–Crippen LogP) is 3.42. The molecule has 4 nitrogen and oxygen atoms in total. The zero-order chi connectivity index (χ0) is 13.2. The summed E-state index contributed by atoms with van der Waals surface area (Å²) in [6.07, 6.45) is 3.54. The fourth-order valence-corrected chi connectivity index (χ4v) is 2.98. The summed E-state index contributed by atoms with van der Waals surface area (Å²) in [6.45, 7) is 2.85. The maximum Gasteiger partial charge on any atom is 0.195 e. The van der Waals surface area contributed by atoms with Crippen LogP contribution in [0.3, 0.4) is 0 Å². The Kier molecular flexibility index (Phi) is 3.27. The molecule has 3 heterocycles. The van der Waals surface area contributed by atoms with Gasteiger partial charge in [-0.25, -0.2) is 0 Å². The second kappa shape index (κ2) is 5.07. The number of thiophene rings is 1. The van der Waals surface area contributed by atoms with Crippen molar-refractivity contribution in [3.63, 3.8) is 0 Å². The van der Waals surface area contributed by atoms with E-state index in [0.29, 0.717) is 4.77 Å². The van der Waals surface area contributed by atoms with Gasteiger partial charge in [-0.1, -0.05) is 0 Å². The molecule has 19 heavy (non-hydrogen) atoms. The van der Waals surface area contributed by atoms with Crippen LogP contribution in [0.2, 0.25) is 0 Å². The maximum absolute atomic E-state index is 5.32. The van der Waals surface area contributed by atoms with E-state index in [-0.39, 0.29) is 0 Å². The third-order valence-electron chi connectivity index (χ3n) is 2.95. The van der Waals surface area contributed by atoms with Crippen molar-refractivity contribution >= 4 is 23.6 Å². The average molecular weight is 288 g/mol. The van der Waals surface area contributed by atoms with E-state index < -0.39 is 0 Å². The molecule has 0 saturated carbocycles. The van der Waals surface area contributed by atoms with Gasteiger partial charge in [-0.15, -0.1) is 11.3 Å². The van der Waals surface area contributed by atoms with Crippen LogP contribution in [0.5, 0.6) is 0 Å². The second-order valence-corrected chi connectivity index (χ2v) is 5.59. The molecule has 0 aliphatic carbocycles. The summed E-state index contributed by atoms with van der Waals surface area (Å²) in [5.41, 5.74) is 2.24. The second-order valence-electron chi connectivity index (χ2n) is 4.21. The number of aryl methyl sites for hydroxylation is 1. The first-order valence-corrected chi connectivity index (χ1v) is 7.13. The van der Waals surface area contributed by atoms with Crippen LogP contribution in [-0.2, 0) is 6.54 Å². The third kappa shape index (κ3) is 2.36. The molecule has 0 saturated heterocycles. The molecule has 0 amide bonds. The summed E-state index contributed by atoms with van der Waals surface area (Å²) in [5, 5.41) is 9.26. The van der Waals surface area contributed by atoms with Crippen molar-refractivity contribution < 1.29 is 0 Å². The van der Waals surface area contributed by atoms with Crippen LogP contribution in [0.15, 0.2) is 36.0 Å². The van der Waals surface area contributed by atoms with E-state index in [1.807, 2.05) is 16.7 Å². The molecule has 96 valence electrons. The van der Waals surface area contributed by atoms with Gasteiger partial charge >= 0.3 is 0 Å². The molecule has 0 bridgehead atoms. The van der Waals surface area contributed by atoms with Crippen molar-refractivity contribution in [2.24, 2.45) is 0 Å². The minimum Gasteiger partial charge on any atom is -0.295 e. The molecule has 1 N–H and O–H groups in total. The summed E-state index contributed by atoms with van der Waals surface area (Å²) in [7, 11) is 0. The Morgan fingerprint density at radius 3 is 3.00 bits per heavy atom. The van der Waals surface area contributed by atoms with Crippen LogP contribution < -0.4 is 0 Å². The molecule has 0 radical (unpaired) electrons. The Balaban J connectivity index is 2.05. The summed E-state index contributed by atoms with van der Waals surface area (Å²) in [4.78, 5) is 5.42. The Labute approximate surface area is 119 Å². The molecule has 0 aliphatic heterocycles. The quantitative estimate of drug-likeness (QED) is 0.751.